The van der Waals surface area contributed by atoms with Crippen molar-refractivity contribution in [2.75, 3.05) is 0 Å². The maximum atomic E-state index is 11.4. The fraction of sp³-hybridized carbons (Fsp3) is 0.167. The summed E-state index contributed by atoms with van der Waals surface area (Å²) in [6.07, 6.45) is 1.15. The molecule has 1 atom stereocenters. The molecule has 1 heterocycles. The minimum Gasteiger partial charge on any atom is -0.550 e. The van der Waals surface area contributed by atoms with Gasteiger partial charge in [0.25, 0.3) is 0 Å². The molecule has 1 aliphatic rings. The van der Waals surface area contributed by atoms with Gasteiger partial charge in [-0.15, -0.1) is 5.10 Å². The predicted molar refractivity (Wildman–Crippen MR) is 75.6 cm³/mol. The van der Waals surface area contributed by atoms with Crippen molar-refractivity contribution in [3.8, 4) is 0 Å². The third-order valence-electron chi connectivity index (χ3n) is 2.35. The summed E-state index contributed by atoms with van der Waals surface area (Å²) in [4.78, 5) is 21.9. The van der Waals surface area contributed by atoms with E-state index in [0.29, 0.717) is 5.02 Å². The second-order valence-corrected chi connectivity index (χ2v) is 5.50. The molecule has 0 spiro atoms. The smallest absolute Gasteiger partial charge is 0.239 e. The lowest BCUT2D eigenvalue weighted by atomic mass is 10.2. The van der Waals surface area contributed by atoms with Crippen molar-refractivity contribution >= 4 is 46.6 Å². The van der Waals surface area contributed by atoms with E-state index in [4.69, 9.17) is 11.6 Å². The van der Waals surface area contributed by atoms with Crippen LogP contribution in [0.5, 0.6) is 0 Å². The number of carboxylic acids is 1. The molecule has 0 aliphatic carbocycles. The number of rotatable bonds is 4. The Hall–Kier alpha value is -1.86. The quantitative estimate of drug-likeness (QED) is 0.643. The SMILES string of the molecule is O=C([O-])C[C@H]1S/C(=N\N=C/c2ccc(Cl)cc2)NC1=O. The first-order valence-electron chi connectivity index (χ1n) is 5.58. The number of nitrogens with zero attached hydrogens (tertiary/aromatic N) is 2. The second kappa shape index (κ2) is 6.53. The van der Waals surface area contributed by atoms with Gasteiger partial charge in [0.15, 0.2) is 5.17 Å². The van der Waals surface area contributed by atoms with Gasteiger partial charge in [0.2, 0.25) is 5.91 Å². The molecule has 0 aromatic heterocycles. The van der Waals surface area contributed by atoms with E-state index in [2.05, 4.69) is 15.5 Å². The number of nitrogens with one attached hydrogen (secondary N) is 1. The van der Waals surface area contributed by atoms with Gasteiger partial charge >= 0.3 is 0 Å². The second-order valence-electron chi connectivity index (χ2n) is 3.87. The van der Waals surface area contributed by atoms with Gasteiger partial charge in [0, 0.05) is 17.4 Å². The van der Waals surface area contributed by atoms with Crippen LogP contribution in [0.15, 0.2) is 34.5 Å². The van der Waals surface area contributed by atoms with Gasteiger partial charge in [-0.25, -0.2) is 0 Å². The molecule has 2 rings (SSSR count). The van der Waals surface area contributed by atoms with Crippen molar-refractivity contribution in [2.45, 2.75) is 11.7 Å². The number of amidine groups is 1. The van der Waals surface area contributed by atoms with Crippen molar-refractivity contribution in [2.24, 2.45) is 10.2 Å². The van der Waals surface area contributed by atoms with E-state index < -0.39 is 17.1 Å². The molecular weight excluding hydrogens is 302 g/mol. The highest BCUT2D eigenvalue weighted by Gasteiger charge is 2.30. The van der Waals surface area contributed by atoms with Crippen molar-refractivity contribution in [1.82, 2.24) is 5.32 Å². The predicted octanol–water partition coefficient (Wildman–Crippen LogP) is 0.401. The molecule has 1 aromatic rings. The molecule has 0 saturated carbocycles. The Balaban J connectivity index is 1.97. The molecule has 8 heteroatoms. The van der Waals surface area contributed by atoms with Crippen molar-refractivity contribution in [1.29, 1.82) is 0 Å². The maximum Gasteiger partial charge on any atom is 0.239 e. The molecule has 104 valence electrons. The average molecular weight is 311 g/mol. The first-order chi connectivity index (χ1) is 9.54. The van der Waals surface area contributed by atoms with Crippen LogP contribution in [0, 0.1) is 0 Å². The normalized spacial score (nSPS) is 20.6. The lowest BCUT2D eigenvalue weighted by Gasteiger charge is -2.04. The topological polar surface area (TPSA) is 93.9 Å². The van der Waals surface area contributed by atoms with Gasteiger partial charge in [-0.3, -0.25) is 4.79 Å². The molecule has 1 aliphatic heterocycles. The highest BCUT2D eigenvalue weighted by Crippen LogP contribution is 2.21. The Labute approximate surface area is 123 Å². The minimum absolute atomic E-state index is 0.270. The Kier molecular flexibility index (Phi) is 4.75. The number of thioether (sulfide) groups is 1. The summed E-state index contributed by atoms with van der Waals surface area (Å²) in [6.45, 7) is 0. The zero-order chi connectivity index (χ0) is 14.5. The van der Waals surface area contributed by atoms with Crippen LogP contribution >= 0.6 is 23.4 Å². The van der Waals surface area contributed by atoms with E-state index in [-0.39, 0.29) is 11.6 Å². The van der Waals surface area contributed by atoms with E-state index >= 15 is 0 Å². The lowest BCUT2D eigenvalue weighted by molar-refractivity contribution is -0.305. The van der Waals surface area contributed by atoms with Crippen LogP contribution in [0.1, 0.15) is 12.0 Å². The highest BCUT2D eigenvalue weighted by molar-refractivity contribution is 8.15. The van der Waals surface area contributed by atoms with Crippen LogP contribution in [0.4, 0.5) is 0 Å². The molecule has 0 bridgehead atoms. The standard InChI is InChI=1S/C12H10ClN3O3S/c13-8-3-1-7(2-4-8)6-14-16-12-15-11(19)9(20-12)5-10(17)18/h1-4,6,9H,5H2,(H,17,18)(H,15,16,19)/p-1/b14-6-/t9-/m1/s1. The molecular formula is C12H9ClN3O3S-. The third-order valence-corrected chi connectivity index (χ3v) is 3.68. The number of carbonyl (C=O) groups excluding carboxylic acids is 2. The maximum absolute atomic E-state index is 11.4. The number of hydrogen-bond acceptors (Lipinski definition) is 6. The van der Waals surface area contributed by atoms with Crippen LogP contribution in [-0.4, -0.2) is 28.5 Å². The summed E-state index contributed by atoms with van der Waals surface area (Å²) < 4.78 is 0. The van der Waals surface area contributed by atoms with Crippen LogP contribution in [0.2, 0.25) is 5.02 Å². The molecule has 6 nitrogen and oxygen atoms in total. The van der Waals surface area contributed by atoms with Gasteiger partial charge in [0.1, 0.15) is 0 Å². The first-order valence-corrected chi connectivity index (χ1v) is 6.84. The van der Waals surface area contributed by atoms with E-state index in [1.807, 2.05) is 0 Å². The zero-order valence-electron chi connectivity index (χ0n) is 10.1. The van der Waals surface area contributed by atoms with E-state index in [1.54, 1.807) is 24.3 Å². The summed E-state index contributed by atoms with van der Waals surface area (Å²) in [6, 6.07) is 6.98. The first kappa shape index (κ1) is 14.5. The Bertz CT molecular complexity index is 586. The van der Waals surface area contributed by atoms with Crippen LogP contribution in [-0.2, 0) is 9.59 Å². The number of aliphatic carboxylic acids is 1. The molecule has 1 amide bonds. The molecule has 1 N–H and O–H groups in total. The van der Waals surface area contributed by atoms with Gasteiger partial charge in [-0.05, 0) is 17.7 Å². The molecule has 1 saturated heterocycles. The average Bonchev–Trinajstić information content (AvgIpc) is 2.72. The molecule has 0 radical (unpaired) electrons. The van der Waals surface area contributed by atoms with Crippen LogP contribution < -0.4 is 10.4 Å². The van der Waals surface area contributed by atoms with Crippen molar-refractivity contribution in [3.63, 3.8) is 0 Å². The summed E-state index contributed by atoms with van der Waals surface area (Å²) in [5, 5.41) is 20.7. The minimum atomic E-state index is -1.27. The molecule has 20 heavy (non-hydrogen) atoms. The van der Waals surface area contributed by atoms with E-state index in [9.17, 15) is 14.7 Å². The van der Waals surface area contributed by atoms with Crippen molar-refractivity contribution in [3.05, 3.63) is 34.9 Å². The largest absolute Gasteiger partial charge is 0.550 e. The fourth-order valence-corrected chi connectivity index (χ4v) is 2.47. The lowest BCUT2D eigenvalue weighted by Crippen LogP contribution is -2.31. The molecule has 1 aromatic carbocycles. The monoisotopic (exact) mass is 310 g/mol. The summed E-state index contributed by atoms with van der Waals surface area (Å²) in [5.41, 5.74) is 0.805. The number of hydrogen-bond donors (Lipinski definition) is 1. The van der Waals surface area contributed by atoms with Crippen LogP contribution in [0.25, 0.3) is 0 Å². The summed E-state index contributed by atoms with van der Waals surface area (Å²) in [7, 11) is 0. The molecule has 1 fully saturated rings. The highest BCUT2D eigenvalue weighted by atomic mass is 35.5. The van der Waals surface area contributed by atoms with Crippen LogP contribution in [0.3, 0.4) is 0 Å². The number of carboxylic acid groups (broad SMARTS) is 1. The number of benzene rings is 1. The molecule has 0 unspecified atom stereocenters. The van der Waals surface area contributed by atoms with Gasteiger partial charge in [0.05, 0.1) is 11.5 Å². The summed E-state index contributed by atoms with van der Waals surface area (Å²) in [5.74, 6) is -1.68. The Morgan fingerprint density at radius 2 is 2.15 bits per heavy atom. The van der Waals surface area contributed by atoms with Crippen molar-refractivity contribution < 1.29 is 14.7 Å². The summed E-state index contributed by atoms with van der Waals surface area (Å²) >= 11 is 6.77. The fourth-order valence-electron chi connectivity index (χ4n) is 1.43. The van der Waals surface area contributed by atoms with Gasteiger partial charge in [-0.1, -0.05) is 35.5 Å². The Morgan fingerprint density at radius 3 is 2.80 bits per heavy atom. The number of carbonyl (C=O) groups is 2. The third kappa shape index (κ3) is 4.07. The number of amides is 1. The van der Waals surface area contributed by atoms with E-state index in [1.165, 1.54) is 6.21 Å². The number of halogens is 1. The van der Waals surface area contributed by atoms with E-state index in [0.717, 1.165) is 17.3 Å². The Morgan fingerprint density at radius 1 is 1.45 bits per heavy atom. The van der Waals surface area contributed by atoms with Gasteiger partial charge < -0.3 is 15.2 Å². The van der Waals surface area contributed by atoms with Gasteiger partial charge in [-0.2, -0.15) is 5.10 Å². The zero-order valence-corrected chi connectivity index (χ0v) is 11.6.